The lowest BCUT2D eigenvalue weighted by Gasteiger charge is -2.26. The largest absolute Gasteiger partial charge is 0.374 e. The van der Waals surface area contributed by atoms with Gasteiger partial charge in [-0.25, -0.2) is 0 Å². The van der Waals surface area contributed by atoms with Gasteiger partial charge >= 0.3 is 0 Å². The number of allylic oxidation sites excluding steroid dienone is 4. The minimum Gasteiger partial charge on any atom is -0.374 e. The van der Waals surface area contributed by atoms with Crippen LogP contribution in [0.25, 0.3) is 0 Å². The molecule has 0 fully saturated rings. The summed E-state index contributed by atoms with van der Waals surface area (Å²) in [6.45, 7) is 4.37. The smallest absolute Gasteiger partial charge is 0.0975 e. The topological polar surface area (TPSA) is 86.6 Å². The molecular formula is C19H19N5. The van der Waals surface area contributed by atoms with E-state index in [1.54, 1.807) is 0 Å². The number of benzene rings is 1. The van der Waals surface area contributed by atoms with Crippen molar-refractivity contribution in [3.63, 3.8) is 0 Å². The van der Waals surface area contributed by atoms with Crippen LogP contribution in [0.15, 0.2) is 46.8 Å². The highest BCUT2D eigenvalue weighted by Gasteiger charge is 2.29. The van der Waals surface area contributed by atoms with Gasteiger partial charge in [0.1, 0.15) is 0 Å². The number of hydrogen-bond donors (Lipinski definition) is 1. The molecule has 0 radical (unpaired) electrons. The molecule has 0 spiro atoms. The molecule has 0 aromatic heterocycles. The van der Waals surface area contributed by atoms with Crippen LogP contribution in [0.2, 0.25) is 0 Å². The lowest BCUT2D eigenvalue weighted by Crippen LogP contribution is -2.23. The van der Waals surface area contributed by atoms with E-state index in [2.05, 4.69) is 23.5 Å². The van der Waals surface area contributed by atoms with Crippen LogP contribution in [0.4, 0.5) is 5.69 Å². The summed E-state index contributed by atoms with van der Waals surface area (Å²) in [5, 5.41) is 30.8. The minimum atomic E-state index is -0.334. The van der Waals surface area contributed by atoms with E-state index in [0.29, 0.717) is 24.1 Å². The maximum atomic E-state index is 9.51. The van der Waals surface area contributed by atoms with Gasteiger partial charge in [0.25, 0.3) is 0 Å². The van der Waals surface area contributed by atoms with Gasteiger partial charge in [0.15, 0.2) is 0 Å². The summed E-state index contributed by atoms with van der Waals surface area (Å²) in [4.78, 5) is 2.01. The molecule has 120 valence electrons. The summed E-state index contributed by atoms with van der Waals surface area (Å²) in [5.74, 6) is -0.334. The zero-order valence-corrected chi connectivity index (χ0v) is 14.1. The van der Waals surface area contributed by atoms with Gasteiger partial charge in [-0.2, -0.15) is 15.8 Å². The fourth-order valence-electron chi connectivity index (χ4n) is 2.89. The van der Waals surface area contributed by atoms with Gasteiger partial charge < -0.3 is 10.2 Å². The molecule has 0 atom stereocenters. The summed E-state index contributed by atoms with van der Waals surface area (Å²) in [7, 11) is 1.94. The predicted octanol–water partition coefficient (Wildman–Crippen LogP) is 3.32. The molecule has 24 heavy (non-hydrogen) atoms. The molecule has 1 aliphatic rings. The Morgan fingerprint density at radius 2 is 1.54 bits per heavy atom. The highest BCUT2D eigenvalue weighted by atomic mass is 15.1. The van der Waals surface area contributed by atoms with Crippen molar-refractivity contribution >= 4 is 5.69 Å². The van der Waals surface area contributed by atoms with Gasteiger partial charge in [0.2, 0.25) is 0 Å². The Bertz CT molecular complexity index is 773. The van der Waals surface area contributed by atoms with Crippen LogP contribution in [0, 0.1) is 34.0 Å². The first kappa shape index (κ1) is 17.1. The number of anilines is 1. The maximum Gasteiger partial charge on any atom is 0.0975 e. The molecular weight excluding hydrogens is 298 g/mol. The standard InChI is InChI=1S/C19H19N5/c1-13-17(11-21)19(18(12-22)14(2)23-13)15-5-7-16(8-6-15)24(3)10-4-9-20/h5-8,19,23H,4,10H2,1-3H3. The van der Waals surface area contributed by atoms with E-state index in [0.717, 1.165) is 22.6 Å². The lowest BCUT2D eigenvalue weighted by atomic mass is 9.81. The van der Waals surface area contributed by atoms with Crippen molar-refractivity contribution in [2.45, 2.75) is 26.2 Å². The Morgan fingerprint density at radius 1 is 1.00 bits per heavy atom. The second kappa shape index (κ2) is 7.36. The molecule has 1 aromatic rings. The van der Waals surface area contributed by atoms with Crippen molar-refractivity contribution < 1.29 is 0 Å². The predicted molar refractivity (Wildman–Crippen MR) is 92.4 cm³/mol. The van der Waals surface area contributed by atoms with Crippen LogP contribution >= 0.6 is 0 Å². The molecule has 0 unspecified atom stereocenters. The van der Waals surface area contributed by atoms with Crippen LogP contribution in [-0.4, -0.2) is 13.6 Å². The van der Waals surface area contributed by atoms with Crippen LogP contribution in [0.3, 0.4) is 0 Å². The highest BCUT2D eigenvalue weighted by molar-refractivity contribution is 5.57. The number of nitrogens with one attached hydrogen (secondary N) is 1. The molecule has 5 nitrogen and oxygen atoms in total. The summed E-state index contributed by atoms with van der Waals surface area (Å²) in [6, 6.07) is 14.4. The number of rotatable bonds is 4. The maximum absolute atomic E-state index is 9.51. The Morgan fingerprint density at radius 3 is 2.00 bits per heavy atom. The Balaban J connectivity index is 2.39. The van der Waals surface area contributed by atoms with Crippen LogP contribution in [-0.2, 0) is 0 Å². The van der Waals surface area contributed by atoms with Gasteiger partial charge in [-0.05, 0) is 31.5 Å². The van der Waals surface area contributed by atoms with E-state index in [1.165, 1.54) is 0 Å². The summed E-state index contributed by atoms with van der Waals surface area (Å²) < 4.78 is 0. The van der Waals surface area contributed by atoms with Crippen molar-refractivity contribution in [1.82, 2.24) is 5.32 Å². The number of hydrogen-bond acceptors (Lipinski definition) is 5. The number of dihydropyridines is 1. The van der Waals surface area contributed by atoms with Gasteiger partial charge in [-0.3, -0.25) is 0 Å². The molecule has 0 saturated carbocycles. The van der Waals surface area contributed by atoms with Crippen LogP contribution < -0.4 is 10.2 Å². The second-order valence-electron chi connectivity index (χ2n) is 5.78. The fraction of sp³-hybridized carbons (Fsp3) is 0.316. The third kappa shape index (κ3) is 3.24. The van der Waals surface area contributed by atoms with Crippen LogP contribution in [0.1, 0.15) is 31.7 Å². The van der Waals surface area contributed by atoms with Crippen LogP contribution in [0.5, 0.6) is 0 Å². The van der Waals surface area contributed by atoms with E-state index in [4.69, 9.17) is 5.26 Å². The van der Waals surface area contributed by atoms with Gasteiger partial charge in [-0.1, -0.05) is 12.1 Å². The van der Waals surface area contributed by atoms with Gasteiger partial charge in [0.05, 0.1) is 41.7 Å². The van der Waals surface area contributed by atoms with Crippen molar-refractivity contribution in [1.29, 1.82) is 15.8 Å². The molecule has 0 amide bonds. The highest BCUT2D eigenvalue weighted by Crippen LogP contribution is 2.37. The minimum absolute atomic E-state index is 0.334. The van der Waals surface area contributed by atoms with Crippen molar-refractivity contribution in [2.75, 3.05) is 18.5 Å². The number of nitrogens with zero attached hydrogens (tertiary/aromatic N) is 4. The molecule has 5 heteroatoms. The summed E-state index contributed by atoms with van der Waals surface area (Å²) in [6.07, 6.45) is 0.466. The van der Waals surface area contributed by atoms with Crippen molar-refractivity contribution in [3.8, 4) is 18.2 Å². The SMILES string of the molecule is CC1=C(C#N)C(c2ccc(N(C)CCC#N)cc2)C(C#N)=C(C)N1. The quantitative estimate of drug-likeness (QED) is 0.920. The normalized spacial score (nSPS) is 14.5. The first-order valence-electron chi connectivity index (χ1n) is 7.70. The van der Waals surface area contributed by atoms with E-state index in [-0.39, 0.29) is 5.92 Å². The first-order chi connectivity index (χ1) is 11.5. The van der Waals surface area contributed by atoms with E-state index >= 15 is 0 Å². The monoisotopic (exact) mass is 317 g/mol. The third-order valence-electron chi connectivity index (χ3n) is 4.23. The molecule has 2 rings (SSSR count). The number of nitriles is 3. The van der Waals surface area contributed by atoms with Gasteiger partial charge in [0, 0.05) is 30.7 Å². The van der Waals surface area contributed by atoms with Crippen molar-refractivity contribution in [2.24, 2.45) is 0 Å². The lowest BCUT2D eigenvalue weighted by molar-refractivity contribution is 0.813. The zero-order chi connectivity index (χ0) is 17.7. The summed E-state index contributed by atoms with van der Waals surface area (Å²) in [5.41, 5.74) is 4.64. The third-order valence-corrected chi connectivity index (χ3v) is 4.23. The Labute approximate surface area is 142 Å². The van der Waals surface area contributed by atoms with E-state index in [1.807, 2.05) is 50.1 Å². The zero-order valence-electron chi connectivity index (χ0n) is 14.1. The average Bonchev–Trinajstić information content (AvgIpc) is 2.59. The van der Waals surface area contributed by atoms with E-state index < -0.39 is 0 Å². The first-order valence-corrected chi connectivity index (χ1v) is 7.70. The molecule has 0 aliphatic carbocycles. The Kier molecular flexibility index (Phi) is 5.25. The average molecular weight is 317 g/mol. The molecule has 0 bridgehead atoms. The van der Waals surface area contributed by atoms with E-state index in [9.17, 15) is 10.5 Å². The molecule has 1 N–H and O–H groups in total. The molecule has 1 aromatic carbocycles. The molecule has 1 aliphatic heterocycles. The molecule has 1 heterocycles. The fourth-order valence-corrected chi connectivity index (χ4v) is 2.89. The molecule has 0 saturated heterocycles. The Hall–Kier alpha value is -3.23. The second-order valence-corrected chi connectivity index (χ2v) is 5.78. The van der Waals surface area contributed by atoms with Gasteiger partial charge in [-0.15, -0.1) is 0 Å². The van der Waals surface area contributed by atoms with Crippen molar-refractivity contribution in [3.05, 3.63) is 52.4 Å². The summed E-state index contributed by atoms with van der Waals surface area (Å²) >= 11 is 0.